The Labute approximate surface area is 182 Å². The van der Waals surface area contributed by atoms with Gasteiger partial charge in [-0.05, 0) is 30.2 Å². The zero-order chi connectivity index (χ0) is 22.4. The highest BCUT2D eigenvalue weighted by atomic mass is 19.1. The van der Waals surface area contributed by atoms with Crippen LogP contribution in [0.2, 0.25) is 0 Å². The van der Waals surface area contributed by atoms with E-state index in [1.807, 2.05) is 38.4 Å². The SMILES string of the molecule is Cc1c(C2CN(C(=O)c3noc(-c4ccc(F)cc4F)n3)Cc3ccccc32)cnn1C. The molecule has 0 saturated carbocycles. The number of amides is 1. The molecule has 1 aliphatic heterocycles. The minimum absolute atomic E-state index is 0.0569. The number of rotatable bonds is 3. The Morgan fingerprint density at radius 1 is 1.16 bits per heavy atom. The lowest BCUT2D eigenvalue weighted by atomic mass is 9.85. The molecule has 0 aliphatic carbocycles. The number of fused-ring (bicyclic) bond motifs is 1. The van der Waals surface area contributed by atoms with E-state index in [1.165, 1.54) is 6.07 Å². The van der Waals surface area contributed by atoms with Crippen LogP contribution in [-0.2, 0) is 13.6 Å². The molecule has 4 aromatic rings. The smallest absolute Gasteiger partial charge is 0.295 e. The Kier molecular flexibility index (Phi) is 4.80. The summed E-state index contributed by atoms with van der Waals surface area (Å²) in [6.07, 6.45) is 1.83. The lowest BCUT2D eigenvalue weighted by molar-refractivity contribution is 0.0709. The van der Waals surface area contributed by atoms with Crippen LogP contribution in [0.4, 0.5) is 8.78 Å². The van der Waals surface area contributed by atoms with Crippen LogP contribution in [0.5, 0.6) is 0 Å². The van der Waals surface area contributed by atoms with Gasteiger partial charge in [0.1, 0.15) is 11.6 Å². The van der Waals surface area contributed by atoms with Crippen molar-refractivity contribution in [2.45, 2.75) is 19.4 Å². The molecule has 32 heavy (non-hydrogen) atoms. The highest BCUT2D eigenvalue weighted by Crippen LogP contribution is 2.35. The van der Waals surface area contributed by atoms with E-state index < -0.39 is 17.5 Å². The van der Waals surface area contributed by atoms with E-state index in [1.54, 1.807) is 9.58 Å². The minimum atomic E-state index is -0.841. The maximum atomic E-state index is 14.1. The second-order valence-corrected chi connectivity index (χ2v) is 7.79. The number of hydrogen-bond acceptors (Lipinski definition) is 5. The van der Waals surface area contributed by atoms with E-state index in [4.69, 9.17) is 4.52 Å². The van der Waals surface area contributed by atoms with Crippen molar-refractivity contribution < 1.29 is 18.1 Å². The summed E-state index contributed by atoms with van der Waals surface area (Å²) in [6, 6.07) is 11.0. The third kappa shape index (κ3) is 3.35. The Morgan fingerprint density at radius 2 is 1.97 bits per heavy atom. The zero-order valence-corrected chi connectivity index (χ0v) is 17.4. The average Bonchev–Trinajstić information content (AvgIpc) is 3.40. The van der Waals surface area contributed by atoms with Gasteiger partial charge in [-0.1, -0.05) is 29.4 Å². The van der Waals surface area contributed by atoms with Crippen molar-refractivity contribution in [3.63, 3.8) is 0 Å². The van der Waals surface area contributed by atoms with Crippen molar-refractivity contribution in [1.29, 1.82) is 0 Å². The molecular weight excluding hydrogens is 416 g/mol. The third-order valence-electron chi connectivity index (χ3n) is 5.91. The summed E-state index contributed by atoms with van der Waals surface area (Å²) in [5, 5.41) is 8.11. The maximum absolute atomic E-state index is 14.1. The fourth-order valence-electron chi connectivity index (χ4n) is 4.11. The number of carbonyl (C=O) groups is 1. The highest BCUT2D eigenvalue weighted by molar-refractivity contribution is 5.91. The number of aryl methyl sites for hydroxylation is 1. The molecule has 0 radical (unpaired) electrons. The number of nitrogens with zero attached hydrogens (tertiary/aromatic N) is 5. The summed E-state index contributed by atoms with van der Waals surface area (Å²) in [4.78, 5) is 18.9. The number of carbonyl (C=O) groups excluding carboxylic acids is 1. The van der Waals surface area contributed by atoms with Crippen LogP contribution in [0.15, 0.2) is 53.2 Å². The molecule has 5 rings (SSSR count). The molecule has 0 fully saturated rings. The summed E-state index contributed by atoms with van der Waals surface area (Å²) < 4.78 is 34.2. The van der Waals surface area contributed by atoms with E-state index in [9.17, 15) is 13.6 Å². The second-order valence-electron chi connectivity index (χ2n) is 7.79. The topological polar surface area (TPSA) is 77.1 Å². The predicted octanol–water partition coefficient (Wildman–Crippen LogP) is 3.84. The van der Waals surface area contributed by atoms with Gasteiger partial charge in [0.05, 0.1) is 11.8 Å². The molecule has 0 saturated heterocycles. The van der Waals surface area contributed by atoms with Crippen LogP contribution in [0, 0.1) is 18.6 Å². The molecule has 1 unspecified atom stereocenters. The standard InChI is InChI=1S/C23H19F2N5O2/c1-13-18(10-26-29(13)2)19-12-30(11-14-5-3-4-6-16(14)19)23(31)21-27-22(32-28-21)17-8-7-15(24)9-20(17)25/h3-10,19H,11-12H2,1-2H3. The fourth-order valence-corrected chi connectivity index (χ4v) is 4.11. The molecule has 1 atom stereocenters. The van der Waals surface area contributed by atoms with Gasteiger partial charge >= 0.3 is 0 Å². The van der Waals surface area contributed by atoms with Gasteiger partial charge in [0, 0.05) is 43.4 Å². The molecule has 1 amide bonds. The van der Waals surface area contributed by atoms with Gasteiger partial charge < -0.3 is 9.42 Å². The van der Waals surface area contributed by atoms with Crippen LogP contribution in [0.25, 0.3) is 11.5 Å². The van der Waals surface area contributed by atoms with Crippen LogP contribution in [0.1, 0.15) is 38.9 Å². The summed E-state index contributed by atoms with van der Waals surface area (Å²) in [5.74, 6) is -2.40. The Morgan fingerprint density at radius 3 is 2.72 bits per heavy atom. The summed E-state index contributed by atoms with van der Waals surface area (Å²) in [7, 11) is 1.88. The van der Waals surface area contributed by atoms with Crippen LogP contribution < -0.4 is 0 Å². The van der Waals surface area contributed by atoms with Gasteiger partial charge in [-0.25, -0.2) is 8.78 Å². The van der Waals surface area contributed by atoms with Crippen LogP contribution >= 0.6 is 0 Å². The van der Waals surface area contributed by atoms with Crippen molar-refractivity contribution in [3.8, 4) is 11.5 Å². The van der Waals surface area contributed by atoms with E-state index in [-0.39, 0.29) is 23.2 Å². The van der Waals surface area contributed by atoms with Crippen LogP contribution in [0.3, 0.4) is 0 Å². The first kappa shape index (κ1) is 20.0. The van der Waals surface area contributed by atoms with Crippen molar-refractivity contribution in [2.75, 3.05) is 6.54 Å². The molecule has 0 N–H and O–H groups in total. The minimum Gasteiger partial charge on any atom is -0.333 e. The van der Waals surface area contributed by atoms with Crippen molar-refractivity contribution in [3.05, 3.63) is 88.5 Å². The number of aromatic nitrogens is 4. The van der Waals surface area contributed by atoms with E-state index in [0.717, 1.165) is 34.5 Å². The lowest BCUT2D eigenvalue weighted by Gasteiger charge is -2.34. The summed E-state index contributed by atoms with van der Waals surface area (Å²) in [5.41, 5.74) is 4.17. The molecule has 7 nitrogen and oxygen atoms in total. The zero-order valence-electron chi connectivity index (χ0n) is 17.4. The van der Waals surface area contributed by atoms with Gasteiger partial charge in [-0.3, -0.25) is 9.48 Å². The van der Waals surface area contributed by atoms with Gasteiger partial charge in [0.15, 0.2) is 0 Å². The molecule has 0 spiro atoms. The fraction of sp³-hybridized carbons (Fsp3) is 0.217. The second kappa shape index (κ2) is 7.67. The van der Waals surface area contributed by atoms with Gasteiger partial charge in [0.25, 0.3) is 17.6 Å². The summed E-state index contributed by atoms with van der Waals surface area (Å²) in [6.45, 7) is 2.80. The molecule has 9 heteroatoms. The van der Waals surface area contributed by atoms with Crippen molar-refractivity contribution in [2.24, 2.45) is 7.05 Å². The molecule has 2 aromatic carbocycles. The predicted molar refractivity (Wildman–Crippen MR) is 111 cm³/mol. The van der Waals surface area contributed by atoms with Crippen molar-refractivity contribution >= 4 is 5.91 Å². The number of halogens is 2. The number of hydrogen-bond donors (Lipinski definition) is 0. The first-order valence-electron chi connectivity index (χ1n) is 10.1. The molecule has 0 bridgehead atoms. The molecular formula is C23H19F2N5O2. The summed E-state index contributed by atoms with van der Waals surface area (Å²) >= 11 is 0. The molecule has 1 aliphatic rings. The number of benzene rings is 2. The Bertz CT molecular complexity index is 1330. The highest BCUT2D eigenvalue weighted by Gasteiger charge is 2.33. The normalized spacial score (nSPS) is 15.6. The first-order chi connectivity index (χ1) is 15.4. The Hall–Kier alpha value is -3.88. The van der Waals surface area contributed by atoms with Gasteiger partial charge in [-0.15, -0.1) is 0 Å². The molecule has 2 aromatic heterocycles. The van der Waals surface area contributed by atoms with Gasteiger partial charge in [0.2, 0.25) is 0 Å². The third-order valence-corrected chi connectivity index (χ3v) is 5.91. The lowest BCUT2D eigenvalue weighted by Crippen LogP contribution is -2.39. The largest absolute Gasteiger partial charge is 0.333 e. The van der Waals surface area contributed by atoms with Crippen molar-refractivity contribution in [1.82, 2.24) is 24.8 Å². The first-order valence-corrected chi connectivity index (χ1v) is 10.1. The van der Waals surface area contributed by atoms with Crippen LogP contribution in [-0.4, -0.2) is 37.3 Å². The molecule has 3 heterocycles. The van der Waals surface area contributed by atoms with E-state index >= 15 is 0 Å². The average molecular weight is 435 g/mol. The van der Waals surface area contributed by atoms with Gasteiger partial charge in [-0.2, -0.15) is 10.1 Å². The maximum Gasteiger partial charge on any atom is 0.295 e. The van der Waals surface area contributed by atoms with E-state index in [0.29, 0.717) is 13.1 Å². The quantitative estimate of drug-likeness (QED) is 0.489. The Balaban J connectivity index is 1.47. The van der Waals surface area contributed by atoms with E-state index in [2.05, 4.69) is 21.3 Å². The molecule has 162 valence electrons. The monoisotopic (exact) mass is 435 g/mol.